The Morgan fingerprint density at radius 3 is 2.29 bits per heavy atom. The molecule has 0 spiro atoms. The van der Waals surface area contributed by atoms with Crippen molar-refractivity contribution in [3.8, 4) is 5.75 Å². The summed E-state index contributed by atoms with van der Waals surface area (Å²) in [7, 11) is -1.95. The van der Waals surface area contributed by atoms with Crippen LogP contribution in [0.2, 0.25) is 0 Å². The second-order valence-electron chi connectivity index (χ2n) is 3.52. The highest BCUT2D eigenvalue weighted by Gasteiger charge is 2.29. The maximum absolute atomic E-state index is 11.5. The number of rotatable bonds is 5. The summed E-state index contributed by atoms with van der Waals surface area (Å²) in [6.07, 6.45) is -1.24. The van der Waals surface area contributed by atoms with E-state index in [0.717, 1.165) is 0 Å². The van der Waals surface area contributed by atoms with Crippen molar-refractivity contribution in [3.05, 3.63) is 29.8 Å². The van der Waals surface area contributed by atoms with E-state index in [9.17, 15) is 13.5 Å². The second-order valence-corrected chi connectivity index (χ2v) is 6.66. The molecular weight excluding hydrogens is 264 g/mol. The molecule has 6 heteroatoms. The van der Waals surface area contributed by atoms with Crippen molar-refractivity contribution in [1.82, 2.24) is 0 Å². The molecule has 0 saturated heterocycles. The fourth-order valence-corrected chi connectivity index (χ4v) is 2.70. The van der Waals surface area contributed by atoms with Crippen LogP contribution < -0.4 is 4.74 Å². The zero-order valence-electron chi connectivity index (χ0n) is 9.63. The number of sulfone groups is 1. The molecule has 0 aliphatic rings. The molecule has 1 rings (SSSR count). The Morgan fingerprint density at radius 1 is 1.35 bits per heavy atom. The van der Waals surface area contributed by atoms with Crippen molar-refractivity contribution >= 4 is 21.4 Å². The van der Waals surface area contributed by atoms with Crippen LogP contribution in [0.3, 0.4) is 0 Å². The number of aliphatic hydroxyl groups excluding tert-OH is 1. The molecule has 17 heavy (non-hydrogen) atoms. The van der Waals surface area contributed by atoms with E-state index in [0.29, 0.717) is 11.3 Å². The minimum atomic E-state index is -3.48. The lowest BCUT2D eigenvalue weighted by atomic mass is 10.1. The van der Waals surface area contributed by atoms with Gasteiger partial charge in [0.1, 0.15) is 11.9 Å². The van der Waals surface area contributed by atoms with Gasteiger partial charge in [0.05, 0.1) is 7.11 Å². The molecule has 1 aromatic rings. The largest absolute Gasteiger partial charge is 0.497 e. The Morgan fingerprint density at radius 2 is 1.88 bits per heavy atom. The lowest BCUT2D eigenvalue weighted by molar-refractivity contribution is 0.191. The van der Waals surface area contributed by atoms with Crippen LogP contribution in [-0.2, 0) is 9.84 Å². The highest BCUT2D eigenvalue weighted by atomic mass is 35.5. The van der Waals surface area contributed by atoms with Crippen molar-refractivity contribution in [2.45, 2.75) is 17.7 Å². The summed E-state index contributed by atoms with van der Waals surface area (Å²) < 4.78 is 26.7. The van der Waals surface area contributed by atoms with Gasteiger partial charge in [0.15, 0.2) is 14.5 Å². The quantitative estimate of drug-likeness (QED) is 0.833. The molecule has 0 heterocycles. The first-order valence-corrected chi connectivity index (χ1v) is 7.25. The summed E-state index contributed by atoms with van der Waals surface area (Å²) in [6.45, 7) is 1.49. The van der Waals surface area contributed by atoms with Crippen LogP contribution in [-0.4, -0.2) is 31.1 Å². The summed E-state index contributed by atoms with van der Waals surface area (Å²) in [5, 5.41) is 9.87. The third-order valence-corrected chi connectivity index (χ3v) is 5.25. The molecule has 0 aliphatic carbocycles. The Bertz CT molecular complexity index is 455. The maximum Gasteiger partial charge on any atom is 0.169 e. The first-order chi connectivity index (χ1) is 7.92. The van der Waals surface area contributed by atoms with Gasteiger partial charge in [-0.25, -0.2) is 8.42 Å². The molecule has 1 aromatic carbocycles. The molecule has 0 amide bonds. The fraction of sp³-hybridized carbons (Fsp3) is 0.455. The van der Waals surface area contributed by atoms with E-state index in [4.69, 9.17) is 16.3 Å². The molecule has 4 nitrogen and oxygen atoms in total. The van der Waals surface area contributed by atoms with Crippen LogP contribution in [0.5, 0.6) is 5.75 Å². The van der Waals surface area contributed by atoms with Gasteiger partial charge in [0.25, 0.3) is 0 Å². The molecule has 0 bridgehead atoms. The number of methoxy groups -OCH3 is 1. The van der Waals surface area contributed by atoms with Crippen LogP contribution in [0.25, 0.3) is 0 Å². The van der Waals surface area contributed by atoms with Crippen LogP contribution >= 0.6 is 11.6 Å². The lowest BCUT2D eigenvalue weighted by Crippen LogP contribution is -2.24. The average molecular weight is 279 g/mol. The van der Waals surface area contributed by atoms with Gasteiger partial charge in [-0.2, -0.15) is 0 Å². The van der Waals surface area contributed by atoms with Crippen LogP contribution in [0, 0.1) is 0 Å². The normalized spacial score (nSPS) is 15.3. The van der Waals surface area contributed by atoms with Gasteiger partial charge >= 0.3 is 0 Å². The molecule has 0 aromatic heterocycles. The SMILES string of the molecule is CCS(=O)(=O)[C@@H](Cl)[C@@H](O)c1ccc(OC)cc1. The molecule has 0 aliphatic heterocycles. The van der Waals surface area contributed by atoms with Crippen molar-refractivity contribution in [1.29, 1.82) is 0 Å². The third-order valence-electron chi connectivity index (χ3n) is 2.45. The third kappa shape index (κ3) is 3.34. The summed E-state index contributed by atoms with van der Waals surface area (Å²) in [6, 6.07) is 6.45. The van der Waals surface area contributed by atoms with Crippen molar-refractivity contribution in [3.63, 3.8) is 0 Å². The van der Waals surface area contributed by atoms with Gasteiger partial charge in [-0.1, -0.05) is 19.1 Å². The Labute approximate surface area is 106 Å². The van der Waals surface area contributed by atoms with E-state index in [2.05, 4.69) is 0 Å². The minimum absolute atomic E-state index is 0.103. The summed E-state index contributed by atoms with van der Waals surface area (Å²) >= 11 is 5.76. The molecular formula is C11H15ClO4S. The Kier molecular flexibility index (Phi) is 4.80. The predicted octanol–water partition coefficient (Wildman–Crippen LogP) is 1.73. The topological polar surface area (TPSA) is 63.6 Å². The zero-order valence-corrected chi connectivity index (χ0v) is 11.2. The smallest absolute Gasteiger partial charge is 0.169 e. The van der Waals surface area contributed by atoms with E-state index in [-0.39, 0.29) is 5.75 Å². The first-order valence-electron chi connectivity index (χ1n) is 5.10. The molecule has 0 fully saturated rings. The van der Waals surface area contributed by atoms with Gasteiger partial charge in [0.2, 0.25) is 0 Å². The minimum Gasteiger partial charge on any atom is -0.497 e. The van der Waals surface area contributed by atoms with E-state index in [1.165, 1.54) is 14.0 Å². The number of hydrogen-bond donors (Lipinski definition) is 1. The summed E-state index contributed by atoms with van der Waals surface area (Å²) in [5.74, 6) is 0.527. The van der Waals surface area contributed by atoms with Crippen LogP contribution in [0.4, 0.5) is 0 Å². The Balaban J connectivity index is 2.92. The lowest BCUT2D eigenvalue weighted by Gasteiger charge is -2.17. The molecule has 1 N–H and O–H groups in total. The number of halogens is 1. The summed E-state index contributed by atoms with van der Waals surface area (Å²) in [5.41, 5.74) is 0.447. The van der Waals surface area contributed by atoms with Gasteiger partial charge in [-0.3, -0.25) is 0 Å². The number of hydrogen-bond acceptors (Lipinski definition) is 4. The van der Waals surface area contributed by atoms with Crippen molar-refractivity contribution in [2.24, 2.45) is 0 Å². The highest BCUT2D eigenvalue weighted by molar-refractivity contribution is 7.93. The van der Waals surface area contributed by atoms with Crippen LogP contribution in [0.15, 0.2) is 24.3 Å². The molecule has 0 radical (unpaired) electrons. The Hall–Kier alpha value is -0.780. The van der Waals surface area contributed by atoms with E-state index < -0.39 is 20.7 Å². The summed E-state index contributed by atoms with van der Waals surface area (Å²) in [4.78, 5) is 0. The highest BCUT2D eigenvalue weighted by Crippen LogP contribution is 2.27. The van der Waals surface area contributed by atoms with Crippen molar-refractivity contribution in [2.75, 3.05) is 12.9 Å². The van der Waals surface area contributed by atoms with Gasteiger partial charge in [-0.15, -0.1) is 11.6 Å². The van der Waals surface area contributed by atoms with E-state index in [1.807, 2.05) is 0 Å². The molecule has 96 valence electrons. The number of ether oxygens (including phenoxy) is 1. The fourth-order valence-electron chi connectivity index (χ4n) is 1.31. The number of alkyl halides is 1. The molecule has 0 saturated carbocycles. The second kappa shape index (κ2) is 5.71. The van der Waals surface area contributed by atoms with Crippen LogP contribution in [0.1, 0.15) is 18.6 Å². The van der Waals surface area contributed by atoms with E-state index in [1.54, 1.807) is 24.3 Å². The predicted molar refractivity (Wildman–Crippen MR) is 67.1 cm³/mol. The monoisotopic (exact) mass is 278 g/mol. The van der Waals surface area contributed by atoms with Gasteiger partial charge < -0.3 is 9.84 Å². The van der Waals surface area contributed by atoms with Crippen molar-refractivity contribution < 1.29 is 18.3 Å². The average Bonchev–Trinajstić information content (AvgIpc) is 2.37. The first kappa shape index (κ1) is 14.3. The number of benzene rings is 1. The zero-order chi connectivity index (χ0) is 13.1. The van der Waals surface area contributed by atoms with E-state index >= 15 is 0 Å². The number of aliphatic hydroxyl groups is 1. The maximum atomic E-state index is 11.5. The standard InChI is InChI=1S/C11H15ClO4S/c1-3-17(14,15)11(12)10(13)8-4-6-9(16-2)7-5-8/h4-7,10-11,13H,3H2,1-2H3/t10-,11+/m0/s1. The van der Waals surface area contributed by atoms with Gasteiger partial charge in [-0.05, 0) is 17.7 Å². The molecule has 2 atom stereocenters. The molecule has 0 unspecified atom stereocenters. The van der Waals surface area contributed by atoms with Gasteiger partial charge in [0, 0.05) is 5.75 Å².